The summed E-state index contributed by atoms with van der Waals surface area (Å²) >= 11 is 0. The lowest BCUT2D eigenvalue weighted by Crippen LogP contribution is -2.59. The highest BCUT2D eigenvalue weighted by Crippen LogP contribution is 2.12. The van der Waals surface area contributed by atoms with Gasteiger partial charge in [-0.1, -0.05) is 40.5 Å². The molecule has 7 atom stereocenters. The number of hydrogen-bond acceptors (Lipinski definition) is 6. The number of nitrogens with two attached hydrogens (primary N) is 1. The fourth-order valence-electron chi connectivity index (χ4n) is 2.50. The van der Waals surface area contributed by atoms with Crippen LogP contribution in [0.25, 0.3) is 0 Å². The summed E-state index contributed by atoms with van der Waals surface area (Å²) in [5.74, 6) is -3.62. The summed E-state index contributed by atoms with van der Waals surface area (Å²) in [6, 6.07) is -4.23. The van der Waals surface area contributed by atoms with Gasteiger partial charge in [0.1, 0.15) is 24.2 Å². The molecular formula is C19H36N4O6. The molecule has 0 aromatic rings. The molecule has 10 heteroatoms. The fraction of sp³-hybridized carbons (Fsp3) is 0.789. The number of carboxylic acids is 1. The third-order valence-corrected chi connectivity index (χ3v) is 5.14. The molecule has 0 rings (SSSR count). The van der Waals surface area contributed by atoms with Crippen LogP contribution in [-0.2, 0) is 19.2 Å². The number of aliphatic hydroxyl groups excluding tert-OH is 1. The van der Waals surface area contributed by atoms with Crippen molar-refractivity contribution in [3.05, 3.63) is 0 Å². The molecule has 168 valence electrons. The van der Waals surface area contributed by atoms with Gasteiger partial charge in [0.2, 0.25) is 17.7 Å². The Morgan fingerprint density at radius 2 is 1.24 bits per heavy atom. The second-order valence-corrected chi connectivity index (χ2v) is 7.58. The van der Waals surface area contributed by atoms with E-state index in [9.17, 15) is 29.4 Å². The van der Waals surface area contributed by atoms with Crippen LogP contribution in [0.4, 0.5) is 0 Å². The number of hydrogen-bond donors (Lipinski definition) is 6. The van der Waals surface area contributed by atoms with E-state index in [1.165, 1.54) is 13.8 Å². The Kier molecular flexibility index (Phi) is 11.4. The molecule has 0 saturated heterocycles. The van der Waals surface area contributed by atoms with Gasteiger partial charge in [0.05, 0.1) is 6.10 Å². The van der Waals surface area contributed by atoms with Crippen LogP contribution in [0.15, 0.2) is 0 Å². The van der Waals surface area contributed by atoms with Crippen LogP contribution in [0.5, 0.6) is 0 Å². The Labute approximate surface area is 172 Å². The molecule has 3 amide bonds. The fourth-order valence-corrected chi connectivity index (χ4v) is 2.50. The highest BCUT2D eigenvalue weighted by Gasteiger charge is 2.33. The van der Waals surface area contributed by atoms with Crippen molar-refractivity contribution in [2.45, 2.75) is 84.7 Å². The van der Waals surface area contributed by atoms with E-state index < -0.39 is 54.0 Å². The van der Waals surface area contributed by atoms with E-state index in [1.54, 1.807) is 13.8 Å². The highest BCUT2D eigenvalue weighted by atomic mass is 16.4. The topological polar surface area (TPSA) is 171 Å². The predicted molar refractivity (Wildman–Crippen MR) is 108 cm³/mol. The van der Waals surface area contributed by atoms with Crippen molar-refractivity contribution in [1.29, 1.82) is 0 Å². The maximum Gasteiger partial charge on any atom is 0.326 e. The molecule has 0 bridgehead atoms. The maximum atomic E-state index is 12.7. The lowest BCUT2D eigenvalue weighted by atomic mass is 9.95. The minimum Gasteiger partial charge on any atom is -0.480 e. The molecule has 7 N–H and O–H groups in total. The average Bonchev–Trinajstić information content (AvgIpc) is 2.67. The van der Waals surface area contributed by atoms with Crippen LogP contribution in [0.2, 0.25) is 0 Å². The molecule has 0 aliphatic heterocycles. The normalized spacial score (nSPS) is 18.3. The number of rotatable bonds is 12. The van der Waals surface area contributed by atoms with Crippen molar-refractivity contribution in [3.63, 3.8) is 0 Å². The van der Waals surface area contributed by atoms with Crippen molar-refractivity contribution in [1.82, 2.24) is 16.0 Å². The first-order valence-electron chi connectivity index (χ1n) is 9.94. The van der Waals surface area contributed by atoms with Gasteiger partial charge in [-0.15, -0.1) is 0 Å². The monoisotopic (exact) mass is 416 g/mol. The van der Waals surface area contributed by atoms with Crippen LogP contribution in [-0.4, -0.2) is 64.2 Å². The van der Waals surface area contributed by atoms with E-state index in [0.717, 1.165) is 0 Å². The van der Waals surface area contributed by atoms with E-state index in [-0.39, 0.29) is 11.8 Å². The molecule has 0 aliphatic carbocycles. The summed E-state index contributed by atoms with van der Waals surface area (Å²) in [4.78, 5) is 48.6. The average molecular weight is 417 g/mol. The Morgan fingerprint density at radius 3 is 1.66 bits per heavy atom. The van der Waals surface area contributed by atoms with Crippen LogP contribution in [0.1, 0.15) is 54.4 Å². The first-order chi connectivity index (χ1) is 13.4. The first kappa shape index (κ1) is 26.8. The van der Waals surface area contributed by atoms with Gasteiger partial charge in [0.15, 0.2) is 0 Å². The summed E-state index contributed by atoms with van der Waals surface area (Å²) in [6.45, 7) is 9.92. The van der Waals surface area contributed by atoms with Gasteiger partial charge >= 0.3 is 5.97 Å². The number of aliphatic carboxylic acids is 1. The molecule has 0 aromatic heterocycles. The van der Waals surface area contributed by atoms with Crippen LogP contribution in [0, 0.1) is 11.8 Å². The highest BCUT2D eigenvalue weighted by molar-refractivity contribution is 5.94. The van der Waals surface area contributed by atoms with Crippen LogP contribution in [0.3, 0.4) is 0 Å². The lowest BCUT2D eigenvalue weighted by Gasteiger charge is -2.28. The largest absolute Gasteiger partial charge is 0.480 e. The van der Waals surface area contributed by atoms with Crippen molar-refractivity contribution in [2.75, 3.05) is 0 Å². The number of aliphatic hydroxyl groups is 1. The molecule has 10 nitrogen and oxygen atoms in total. The molecule has 0 aliphatic rings. The second kappa shape index (κ2) is 12.4. The number of carbonyl (C=O) groups is 4. The Balaban J connectivity index is 5.24. The minimum atomic E-state index is -1.19. The molecular weight excluding hydrogens is 380 g/mol. The summed E-state index contributed by atoms with van der Waals surface area (Å²) in [5.41, 5.74) is 5.54. The number of amides is 3. The van der Waals surface area contributed by atoms with Gasteiger partial charge < -0.3 is 31.9 Å². The molecule has 0 aromatic carbocycles. The Morgan fingerprint density at radius 1 is 0.793 bits per heavy atom. The van der Waals surface area contributed by atoms with E-state index in [0.29, 0.717) is 12.8 Å². The van der Waals surface area contributed by atoms with Gasteiger partial charge in [-0.05, 0) is 25.7 Å². The summed E-state index contributed by atoms with van der Waals surface area (Å²) < 4.78 is 0. The molecule has 0 radical (unpaired) electrons. The van der Waals surface area contributed by atoms with Gasteiger partial charge in [-0.2, -0.15) is 0 Å². The molecule has 0 fully saturated rings. The minimum absolute atomic E-state index is 0.270. The summed E-state index contributed by atoms with van der Waals surface area (Å²) in [7, 11) is 0. The summed E-state index contributed by atoms with van der Waals surface area (Å²) in [5, 5.41) is 26.2. The van der Waals surface area contributed by atoms with Crippen LogP contribution >= 0.6 is 0 Å². The third kappa shape index (κ3) is 8.36. The summed E-state index contributed by atoms with van der Waals surface area (Å²) in [6.07, 6.45) is 0.0366. The van der Waals surface area contributed by atoms with E-state index in [4.69, 9.17) is 5.73 Å². The molecule has 29 heavy (non-hydrogen) atoms. The standard InChI is InChI=1S/C19H36N4O6/c1-7-9(3)14(18(27)23-15(19(28)29)10(4)8-2)22-16(25)11(5)21-17(26)13(20)12(6)24/h9-15,24H,7-8,20H2,1-6H3,(H,21,26)(H,22,25)(H,23,27)(H,28,29). The Bertz CT molecular complexity index is 583. The second-order valence-electron chi connectivity index (χ2n) is 7.58. The first-order valence-corrected chi connectivity index (χ1v) is 9.94. The molecule has 7 unspecified atom stereocenters. The van der Waals surface area contributed by atoms with Gasteiger partial charge in [0.25, 0.3) is 0 Å². The number of nitrogens with one attached hydrogen (secondary N) is 3. The Hall–Kier alpha value is -2.20. The van der Waals surface area contributed by atoms with Crippen molar-refractivity contribution < 1.29 is 29.4 Å². The van der Waals surface area contributed by atoms with Crippen LogP contribution < -0.4 is 21.7 Å². The molecule has 0 spiro atoms. The molecule has 0 heterocycles. The predicted octanol–water partition coefficient (Wildman–Crippen LogP) is -0.654. The smallest absolute Gasteiger partial charge is 0.326 e. The number of carboxylic acid groups (broad SMARTS) is 1. The zero-order valence-corrected chi connectivity index (χ0v) is 18.1. The van der Waals surface area contributed by atoms with Gasteiger partial charge in [0, 0.05) is 0 Å². The zero-order chi connectivity index (χ0) is 22.9. The number of carbonyl (C=O) groups excluding carboxylic acids is 3. The SMILES string of the molecule is CCC(C)C(NC(=O)C(NC(=O)C(C)NC(=O)C(N)C(C)O)C(C)CC)C(=O)O. The van der Waals surface area contributed by atoms with Crippen molar-refractivity contribution in [3.8, 4) is 0 Å². The van der Waals surface area contributed by atoms with Gasteiger partial charge in [-0.25, -0.2) is 4.79 Å². The van der Waals surface area contributed by atoms with Crippen molar-refractivity contribution in [2.24, 2.45) is 17.6 Å². The third-order valence-electron chi connectivity index (χ3n) is 5.14. The zero-order valence-electron chi connectivity index (χ0n) is 18.1. The van der Waals surface area contributed by atoms with E-state index in [1.807, 2.05) is 13.8 Å². The quantitative estimate of drug-likeness (QED) is 0.245. The van der Waals surface area contributed by atoms with E-state index in [2.05, 4.69) is 16.0 Å². The van der Waals surface area contributed by atoms with Gasteiger partial charge in [-0.3, -0.25) is 14.4 Å². The molecule has 0 saturated carbocycles. The lowest BCUT2D eigenvalue weighted by molar-refractivity contribution is -0.144. The van der Waals surface area contributed by atoms with E-state index >= 15 is 0 Å². The maximum absolute atomic E-state index is 12.7. The van der Waals surface area contributed by atoms with Crippen molar-refractivity contribution >= 4 is 23.7 Å².